The highest BCUT2D eigenvalue weighted by atomic mass is 19.1. The molecule has 0 atom stereocenters. The van der Waals surface area contributed by atoms with E-state index in [4.69, 9.17) is 9.15 Å². The van der Waals surface area contributed by atoms with Crippen LogP contribution in [0.5, 0.6) is 11.5 Å². The molecule has 4 rings (SSSR count). The second-order valence-corrected chi connectivity index (χ2v) is 7.63. The van der Waals surface area contributed by atoms with E-state index in [1.807, 2.05) is 0 Å². The summed E-state index contributed by atoms with van der Waals surface area (Å²) in [6.07, 6.45) is 0.887. The minimum absolute atomic E-state index is 0.0256. The molecule has 0 aliphatic carbocycles. The number of methoxy groups -OCH3 is 1. The van der Waals surface area contributed by atoms with E-state index in [0.29, 0.717) is 40.8 Å². The van der Waals surface area contributed by atoms with E-state index in [2.05, 4.69) is 10.3 Å². The maximum Gasteiger partial charge on any atom is 0.256 e. The Kier molecular flexibility index (Phi) is 6.87. The third-order valence-corrected chi connectivity index (χ3v) is 5.13. The molecule has 1 aromatic heterocycles. The van der Waals surface area contributed by atoms with Crippen molar-refractivity contribution in [2.75, 3.05) is 13.7 Å². The zero-order chi connectivity index (χ0) is 24.1. The summed E-state index contributed by atoms with van der Waals surface area (Å²) < 4.78 is 37.7. The van der Waals surface area contributed by atoms with Crippen molar-refractivity contribution in [3.05, 3.63) is 95.0 Å². The SMILES string of the molecule is COc1ccc(N=c2oc3cc(O)ccc3cc2C(=O)NCCCc2cc(F)cc(F)c2)cc1. The molecule has 3 aromatic carbocycles. The Hall–Kier alpha value is -4.20. The number of aromatic hydroxyl groups is 1. The minimum atomic E-state index is -0.632. The number of carbonyl (C=O) groups excluding carboxylic acids is 1. The van der Waals surface area contributed by atoms with Crippen LogP contribution in [-0.4, -0.2) is 24.7 Å². The summed E-state index contributed by atoms with van der Waals surface area (Å²) in [4.78, 5) is 17.4. The lowest BCUT2D eigenvalue weighted by molar-refractivity contribution is 0.0949. The second kappa shape index (κ2) is 10.2. The highest BCUT2D eigenvalue weighted by Gasteiger charge is 2.13. The fraction of sp³-hybridized carbons (Fsp3) is 0.154. The number of hydrogen-bond acceptors (Lipinski definition) is 5. The molecule has 0 fully saturated rings. The van der Waals surface area contributed by atoms with Gasteiger partial charge in [0.25, 0.3) is 5.91 Å². The molecule has 0 saturated carbocycles. The van der Waals surface area contributed by atoms with E-state index in [-0.39, 0.29) is 23.4 Å². The van der Waals surface area contributed by atoms with Crippen molar-refractivity contribution < 1.29 is 27.8 Å². The molecule has 1 amide bonds. The molecule has 2 N–H and O–H groups in total. The van der Waals surface area contributed by atoms with Gasteiger partial charge in [-0.15, -0.1) is 0 Å². The molecule has 34 heavy (non-hydrogen) atoms. The number of ether oxygens (including phenoxy) is 1. The first-order valence-corrected chi connectivity index (χ1v) is 10.6. The highest BCUT2D eigenvalue weighted by molar-refractivity contribution is 5.96. The van der Waals surface area contributed by atoms with Crippen molar-refractivity contribution in [1.82, 2.24) is 5.32 Å². The summed E-state index contributed by atoms with van der Waals surface area (Å²) in [5.41, 5.74) is 1.73. The molecule has 0 aliphatic rings. The molecule has 0 unspecified atom stereocenters. The first-order chi connectivity index (χ1) is 16.4. The number of halogens is 2. The molecule has 0 spiro atoms. The number of hydrogen-bond donors (Lipinski definition) is 2. The van der Waals surface area contributed by atoms with Gasteiger partial charge in [-0.05, 0) is 73.0 Å². The van der Waals surface area contributed by atoms with Gasteiger partial charge in [-0.1, -0.05) is 0 Å². The number of phenols is 1. The summed E-state index contributed by atoms with van der Waals surface area (Å²) >= 11 is 0. The van der Waals surface area contributed by atoms with Gasteiger partial charge in [0.1, 0.15) is 34.3 Å². The fourth-order valence-corrected chi connectivity index (χ4v) is 3.47. The van der Waals surface area contributed by atoms with E-state index in [9.17, 15) is 18.7 Å². The van der Waals surface area contributed by atoms with Crippen molar-refractivity contribution >= 4 is 22.6 Å². The zero-order valence-electron chi connectivity index (χ0n) is 18.3. The van der Waals surface area contributed by atoms with Gasteiger partial charge in [0.05, 0.1) is 12.8 Å². The topological polar surface area (TPSA) is 84.1 Å². The highest BCUT2D eigenvalue weighted by Crippen LogP contribution is 2.21. The predicted molar refractivity (Wildman–Crippen MR) is 123 cm³/mol. The van der Waals surface area contributed by atoms with Crippen molar-refractivity contribution in [2.45, 2.75) is 12.8 Å². The lowest BCUT2D eigenvalue weighted by Gasteiger charge is -2.08. The molecule has 1 heterocycles. The molecule has 8 heteroatoms. The molecule has 6 nitrogen and oxygen atoms in total. The summed E-state index contributed by atoms with van der Waals surface area (Å²) in [6, 6.07) is 16.5. The van der Waals surface area contributed by atoms with Crippen LogP contribution < -0.4 is 15.6 Å². The van der Waals surface area contributed by atoms with Gasteiger partial charge < -0.3 is 19.6 Å². The van der Waals surface area contributed by atoms with Crippen LogP contribution in [0.4, 0.5) is 14.5 Å². The molecule has 0 saturated heterocycles. The maximum absolute atomic E-state index is 13.4. The predicted octanol–water partition coefficient (Wildman–Crippen LogP) is 5.02. The Morgan fingerprint density at radius 2 is 1.76 bits per heavy atom. The fourth-order valence-electron chi connectivity index (χ4n) is 3.47. The summed E-state index contributed by atoms with van der Waals surface area (Å²) in [7, 11) is 1.56. The van der Waals surface area contributed by atoms with Crippen LogP contribution in [0.15, 0.2) is 76.1 Å². The van der Waals surface area contributed by atoms with Crippen molar-refractivity contribution in [1.29, 1.82) is 0 Å². The number of aryl methyl sites for hydroxylation is 1. The average Bonchev–Trinajstić information content (AvgIpc) is 2.81. The number of nitrogens with one attached hydrogen (secondary N) is 1. The molecule has 4 aromatic rings. The Morgan fingerprint density at radius 3 is 2.47 bits per heavy atom. The third-order valence-electron chi connectivity index (χ3n) is 5.13. The second-order valence-electron chi connectivity index (χ2n) is 7.63. The summed E-state index contributed by atoms with van der Waals surface area (Å²) in [5, 5.41) is 13.2. The van der Waals surface area contributed by atoms with Gasteiger partial charge in [-0.2, -0.15) is 0 Å². The van der Waals surface area contributed by atoms with Crippen LogP contribution in [0.1, 0.15) is 22.3 Å². The lowest BCUT2D eigenvalue weighted by atomic mass is 10.1. The average molecular weight is 464 g/mol. The van der Waals surface area contributed by atoms with Crippen LogP contribution in [0.25, 0.3) is 11.0 Å². The first-order valence-electron chi connectivity index (χ1n) is 10.6. The van der Waals surface area contributed by atoms with Crippen LogP contribution in [0, 0.1) is 11.6 Å². The Balaban J connectivity index is 1.57. The van der Waals surface area contributed by atoms with Gasteiger partial charge in [-0.3, -0.25) is 4.79 Å². The van der Waals surface area contributed by atoms with E-state index in [0.717, 1.165) is 6.07 Å². The number of amides is 1. The van der Waals surface area contributed by atoms with Crippen LogP contribution >= 0.6 is 0 Å². The van der Waals surface area contributed by atoms with Gasteiger partial charge in [0.15, 0.2) is 0 Å². The van der Waals surface area contributed by atoms with Gasteiger partial charge in [0.2, 0.25) is 5.55 Å². The lowest BCUT2D eigenvalue weighted by Crippen LogP contribution is -2.29. The Morgan fingerprint density at radius 1 is 1.03 bits per heavy atom. The van der Waals surface area contributed by atoms with E-state index in [1.165, 1.54) is 24.3 Å². The van der Waals surface area contributed by atoms with Gasteiger partial charge in [-0.25, -0.2) is 13.8 Å². The first kappa shape index (κ1) is 23.0. The number of nitrogens with zero attached hydrogens (tertiary/aromatic N) is 1. The zero-order valence-corrected chi connectivity index (χ0v) is 18.3. The number of benzene rings is 3. The van der Waals surface area contributed by atoms with Gasteiger partial charge >= 0.3 is 0 Å². The largest absolute Gasteiger partial charge is 0.508 e. The van der Waals surface area contributed by atoms with Crippen molar-refractivity contribution in [2.24, 2.45) is 4.99 Å². The monoisotopic (exact) mass is 464 g/mol. The standard InChI is InChI=1S/C26H22F2N2O4/c1-33-22-8-5-20(6-9-22)30-26-23(13-17-4-7-21(31)15-24(17)34-26)25(32)29-10-2-3-16-11-18(27)14-19(28)12-16/h4-9,11-15,31H,2-3,10H2,1H3,(H,29,32). The smallest absolute Gasteiger partial charge is 0.256 e. The van der Waals surface area contributed by atoms with Crippen molar-refractivity contribution in [3.8, 4) is 11.5 Å². The molecule has 174 valence electrons. The van der Waals surface area contributed by atoms with E-state index >= 15 is 0 Å². The maximum atomic E-state index is 13.4. The van der Waals surface area contributed by atoms with Crippen LogP contribution in [0.3, 0.4) is 0 Å². The van der Waals surface area contributed by atoms with Crippen molar-refractivity contribution in [3.63, 3.8) is 0 Å². The third kappa shape index (κ3) is 5.58. The van der Waals surface area contributed by atoms with Crippen LogP contribution in [0.2, 0.25) is 0 Å². The van der Waals surface area contributed by atoms with E-state index < -0.39 is 17.5 Å². The molecular weight excluding hydrogens is 442 g/mol. The normalized spacial score (nSPS) is 11.6. The molecular formula is C26H22F2N2O4. The van der Waals surface area contributed by atoms with Gasteiger partial charge in [0, 0.05) is 24.1 Å². The number of phenolic OH excluding ortho intramolecular Hbond substituents is 1. The summed E-state index contributed by atoms with van der Waals surface area (Å²) in [5.74, 6) is -0.982. The quantitative estimate of drug-likeness (QED) is 0.376. The van der Waals surface area contributed by atoms with E-state index in [1.54, 1.807) is 43.5 Å². The summed E-state index contributed by atoms with van der Waals surface area (Å²) in [6.45, 7) is 0.284. The molecule has 0 radical (unpaired) electrons. The molecule has 0 bridgehead atoms. The minimum Gasteiger partial charge on any atom is -0.508 e. The Labute approximate surface area is 194 Å². The van der Waals surface area contributed by atoms with Crippen LogP contribution in [-0.2, 0) is 6.42 Å². The number of carbonyl (C=O) groups is 1. The molecule has 0 aliphatic heterocycles. The number of rotatable bonds is 7. The Bertz CT molecular complexity index is 1380. The number of fused-ring (bicyclic) bond motifs is 1.